The Bertz CT molecular complexity index is 1360. The second kappa shape index (κ2) is 11.3. The van der Waals surface area contributed by atoms with Crippen LogP contribution in [0.2, 0.25) is 0 Å². The lowest BCUT2D eigenvalue weighted by atomic mass is 9.94. The molecule has 0 aliphatic carbocycles. The van der Waals surface area contributed by atoms with Gasteiger partial charge < -0.3 is 29.0 Å². The van der Waals surface area contributed by atoms with Gasteiger partial charge in [0.05, 0.1) is 45.6 Å². The fourth-order valence-corrected chi connectivity index (χ4v) is 4.55. The van der Waals surface area contributed by atoms with Gasteiger partial charge in [-0.05, 0) is 61.9 Å². The normalized spacial score (nSPS) is 16.6. The number of carbonyl (C=O) groups is 2. The molecule has 8 heteroatoms. The summed E-state index contributed by atoms with van der Waals surface area (Å²) in [6.45, 7) is 3.92. The molecule has 3 aromatic carbocycles. The number of para-hydroxylation sites is 1. The number of likely N-dealkylation sites (tertiary alicyclic amines) is 1. The molecule has 0 bridgehead atoms. The Hall–Kier alpha value is -4.46. The number of hydrogen-bond acceptors (Lipinski definition) is 7. The van der Waals surface area contributed by atoms with Gasteiger partial charge in [0.1, 0.15) is 17.3 Å². The maximum absolute atomic E-state index is 13.4. The third-order valence-electron chi connectivity index (χ3n) is 6.30. The van der Waals surface area contributed by atoms with Gasteiger partial charge in [0, 0.05) is 11.1 Å². The van der Waals surface area contributed by atoms with Gasteiger partial charge in [0.15, 0.2) is 11.5 Å². The van der Waals surface area contributed by atoms with E-state index in [1.165, 1.54) is 19.1 Å². The summed E-state index contributed by atoms with van der Waals surface area (Å²) in [6, 6.07) is 18.3. The molecule has 1 aliphatic heterocycles. The zero-order chi connectivity index (χ0) is 27.4. The highest BCUT2D eigenvalue weighted by Gasteiger charge is 2.46. The number of benzene rings is 3. The van der Waals surface area contributed by atoms with E-state index in [2.05, 4.69) is 0 Å². The largest absolute Gasteiger partial charge is 0.507 e. The number of Topliss-reactive ketones (excluding diaryl/α,β-unsaturated/α-hetero) is 1. The molecular formula is C30H31NO7. The van der Waals surface area contributed by atoms with Crippen LogP contribution in [0.3, 0.4) is 0 Å². The van der Waals surface area contributed by atoms with Crippen LogP contribution >= 0.6 is 0 Å². The van der Waals surface area contributed by atoms with Crippen LogP contribution in [0, 0.1) is 0 Å². The second-order valence-electron chi connectivity index (χ2n) is 9.04. The molecule has 0 aromatic heterocycles. The minimum absolute atomic E-state index is 0.0141. The molecule has 3 aromatic rings. The van der Waals surface area contributed by atoms with Crippen molar-refractivity contribution in [2.75, 3.05) is 21.3 Å². The van der Waals surface area contributed by atoms with Crippen molar-refractivity contribution in [1.82, 2.24) is 4.90 Å². The number of hydrogen-bond donors (Lipinski definition) is 1. The zero-order valence-corrected chi connectivity index (χ0v) is 22.1. The van der Waals surface area contributed by atoms with E-state index >= 15 is 0 Å². The molecule has 1 heterocycles. The average molecular weight is 518 g/mol. The van der Waals surface area contributed by atoms with Crippen molar-refractivity contribution in [2.24, 2.45) is 0 Å². The first-order chi connectivity index (χ1) is 18.3. The summed E-state index contributed by atoms with van der Waals surface area (Å²) >= 11 is 0. The molecule has 1 N–H and O–H groups in total. The maximum Gasteiger partial charge on any atom is 0.295 e. The maximum atomic E-state index is 13.4. The Morgan fingerprint density at radius 2 is 1.53 bits per heavy atom. The summed E-state index contributed by atoms with van der Waals surface area (Å²) in [7, 11) is 4.58. The summed E-state index contributed by atoms with van der Waals surface area (Å²) < 4.78 is 22.0. The summed E-state index contributed by atoms with van der Waals surface area (Å²) in [5.74, 6) is 0.367. The number of ketones is 1. The van der Waals surface area contributed by atoms with E-state index in [1.54, 1.807) is 55.6 Å². The Morgan fingerprint density at radius 3 is 2.16 bits per heavy atom. The van der Waals surface area contributed by atoms with Gasteiger partial charge in [-0.15, -0.1) is 0 Å². The third-order valence-corrected chi connectivity index (χ3v) is 6.30. The lowest BCUT2D eigenvalue weighted by molar-refractivity contribution is -0.140. The summed E-state index contributed by atoms with van der Waals surface area (Å²) in [5.41, 5.74) is 1.67. The van der Waals surface area contributed by atoms with Crippen LogP contribution in [0.15, 0.2) is 72.3 Å². The molecule has 1 unspecified atom stereocenters. The smallest absolute Gasteiger partial charge is 0.295 e. The number of methoxy groups -OCH3 is 3. The van der Waals surface area contributed by atoms with Crippen molar-refractivity contribution in [3.63, 3.8) is 0 Å². The van der Waals surface area contributed by atoms with Crippen molar-refractivity contribution in [3.05, 3.63) is 89.0 Å². The molecular weight excluding hydrogens is 486 g/mol. The number of ether oxygens (including phenoxy) is 4. The van der Waals surface area contributed by atoms with Crippen molar-refractivity contribution >= 4 is 17.4 Å². The van der Waals surface area contributed by atoms with E-state index < -0.39 is 17.7 Å². The minimum atomic E-state index is -0.883. The standard InChI is InChI=1S/C30H31NO7/c1-18(2)38-22-13-10-19(11-14-22)28(32)26-27(20-12-15-24(36-4)25(16-20)37-5)31(30(34)29(26)33)17-21-8-6-7-9-23(21)35-3/h6-16,18,27,32H,17H2,1-5H3/b28-26-. The lowest BCUT2D eigenvalue weighted by Gasteiger charge is -2.26. The minimum Gasteiger partial charge on any atom is -0.507 e. The highest BCUT2D eigenvalue weighted by atomic mass is 16.5. The van der Waals surface area contributed by atoms with Gasteiger partial charge >= 0.3 is 0 Å². The van der Waals surface area contributed by atoms with Gasteiger partial charge in [-0.25, -0.2) is 0 Å². The molecule has 0 saturated carbocycles. The summed E-state index contributed by atoms with van der Waals surface area (Å²) in [4.78, 5) is 28.3. The van der Waals surface area contributed by atoms with E-state index in [0.717, 1.165) is 5.56 Å². The Morgan fingerprint density at radius 1 is 0.868 bits per heavy atom. The highest BCUT2D eigenvalue weighted by molar-refractivity contribution is 6.46. The first kappa shape index (κ1) is 26.6. The van der Waals surface area contributed by atoms with Crippen molar-refractivity contribution in [1.29, 1.82) is 0 Å². The van der Waals surface area contributed by atoms with Crippen molar-refractivity contribution in [2.45, 2.75) is 32.5 Å². The molecule has 8 nitrogen and oxygen atoms in total. The topological polar surface area (TPSA) is 94.5 Å². The van der Waals surface area contributed by atoms with E-state index in [0.29, 0.717) is 34.1 Å². The Kier molecular flexibility index (Phi) is 7.90. The number of amides is 1. The second-order valence-corrected chi connectivity index (χ2v) is 9.04. The predicted octanol–water partition coefficient (Wildman–Crippen LogP) is 5.12. The third kappa shape index (κ3) is 5.16. The predicted molar refractivity (Wildman–Crippen MR) is 143 cm³/mol. The first-order valence-corrected chi connectivity index (χ1v) is 12.2. The van der Waals surface area contributed by atoms with Crippen LogP contribution in [0.25, 0.3) is 5.76 Å². The van der Waals surface area contributed by atoms with Gasteiger partial charge in [-0.1, -0.05) is 24.3 Å². The quantitative estimate of drug-likeness (QED) is 0.239. The van der Waals surface area contributed by atoms with E-state index in [4.69, 9.17) is 18.9 Å². The number of aliphatic hydroxyl groups is 1. The number of rotatable bonds is 9. The fourth-order valence-electron chi connectivity index (χ4n) is 4.55. The van der Waals surface area contributed by atoms with Crippen LogP contribution in [-0.2, 0) is 16.1 Å². The zero-order valence-electron chi connectivity index (χ0n) is 22.1. The first-order valence-electron chi connectivity index (χ1n) is 12.2. The van der Waals surface area contributed by atoms with Crippen LogP contribution in [-0.4, -0.2) is 49.1 Å². The molecule has 38 heavy (non-hydrogen) atoms. The average Bonchev–Trinajstić information content (AvgIpc) is 3.17. The Balaban J connectivity index is 1.86. The Labute approximate surface area is 222 Å². The van der Waals surface area contributed by atoms with Gasteiger partial charge in [-0.2, -0.15) is 0 Å². The van der Waals surface area contributed by atoms with Gasteiger partial charge in [0.2, 0.25) is 0 Å². The van der Waals surface area contributed by atoms with Crippen LogP contribution in [0.1, 0.15) is 36.6 Å². The van der Waals surface area contributed by atoms with Crippen LogP contribution in [0.4, 0.5) is 0 Å². The van der Waals surface area contributed by atoms with Gasteiger partial charge in [-0.3, -0.25) is 9.59 Å². The molecule has 0 spiro atoms. The van der Waals surface area contributed by atoms with Crippen LogP contribution < -0.4 is 18.9 Å². The molecule has 4 rings (SSSR count). The van der Waals surface area contributed by atoms with Crippen molar-refractivity contribution < 1.29 is 33.6 Å². The van der Waals surface area contributed by atoms with E-state index in [9.17, 15) is 14.7 Å². The molecule has 0 radical (unpaired) electrons. The summed E-state index contributed by atoms with van der Waals surface area (Å²) in [5, 5.41) is 11.4. The molecule has 1 saturated heterocycles. The number of carbonyl (C=O) groups excluding carboxylic acids is 2. The van der Waals surface area contributed by atoms with E-state index in [1.807, 2.05) is 32.0 Å². The molecule has 1 atom stereocenters. The van der Waals surface area contributed by atoms with Crippen LogP contribution in [0.5, 0.6) is 23.0 Å². The molecule has 1 aliphatic rings. The van der Waals surface area contributed by atoms with Crippen molar-refractivity contribution in [3.8, 4) is 23.0 Å². The monoisotopic (exact) mass is 517 g/mol. The molecule has 1 amide bonds. The van der Waals surface area contributed by atoms with E-state index in [-0.39, 0.29) is 24.0 Å². The van der Waals surface area contributed by atoms with Gasteiger partial charge in [0.25, 0.3) is 11.7 Å². The summed E-state index contributed by atoms with van der Waals surface area (Å²) in [6.07, 6.45) is -0.0141. The SMILES string of the molecule is COc1ccccc1CN1C(=O)C(=O)/C(=C(\O)c2ccc(OC(C)C)cc2)C1c1ccc(OC)c(OC)c1. The number of nitrogens with zero attached hydrogens (tertiary/aromatic N) is 1. The molecule has 198 valence electrons. The highest BCUT2D eigenvalue weighted by Crippen LogP contribution is 2.43. The molecule has 1 fully saturated rings. The lowest BCUT2D eigenvalue weighted by Crippen LogP contribution is -2.29. The fraction of sp³-hybridized carbons (Fsp3) is 0.267. The number of aliphatic hydroxyl groups excluding tert-OH is 1.